The van der Waals surface area contributed by atoms with Crippen LogP contribution in [0.2, 0.25) is 0 Å². The summed E-state index contributed by atoms with van der Waals surface area (Å²) in [5, 5.41) is 0. The summed E-state index contributed by atoms with van der Waals surface area (Å²) in [6.45, 7) is 6.28. The lowest BCUT2D eigenvalue weighted by molar-refractivity contribution is 0.0988. The molecule has 2 aromatic carbocycles. The number of carbonyl (C=O) groups is 1. The van der Waals surface area contributed by atoms with Crippen LogP contribution >= 0.6 is 0 Å². The van der Waals surface area contributed by atoms with E-state index in [1.54, 1.807) is 0 Å². The van der Waals surface area contributed by atoms with E-state index in [9.17, 15) is 4.79 Å². The molecule has 0 saturated carbocycles. The second-order valence-electron chi connectivity index (χ2n) is 5.13. The summed E-state index contributed by atoms with van der Waals surface area (Å²) < 4.78 is 0. The summed E-state index contributed by atoms with van der Waals surface area (Å²) in [4.78, 5) is 11.6. The number of carbonyl (C=O) groups excluding carboxylic acids is 1. The molecule has 0 aromatic heterocycles. The van der Waals surface area contributed by atoms with Gasteiger partial charge in [-0.15, -0.1) is 0 Å². The molecule has 0 unspecified atom stereocenters. The molecule has 0 amide bonds. The quantitative estimate of drug-likeness (QED) is 0.694. The van der Waals surface area contributed by atoms with Crippen LogP contribution in [0.15, 0.2) is 48.5 Å². The zero-order valence-electron chi connectivity index (χ0n) is 11.8. The minimum atomic E-state index is 0.196. The monoisotopic (exact) mass is 252 g/mol. The number of hydrogen-bond acceptors (Lipinski definition) is 1. The minimum absolute atomic E-state index is 0.196. The fourth-order valence-corrected chi connectivity index (χ4v) is 2.11. The van der Waals surface area contributed by atoms with Gasteiger partial charge in [-0.3, -0.25) is 4.79 Å². The maximum Gasteiger partial charge on any atom is 0.162 e. The first-order valence-electron chi connectivity index (χ1n) is 6.85. The van der Waals surface area contributed by atoms with Crippen LogP contribution in [0.1, 0.15) is 49.0 Å². The van der Waals surface area contributed by atoms with Gasteiger partial charge < -0.3 is 0 Å². The van der Waals surface area contributed by atoms with E-state index < -0.39 is 0 Å². The van der Waals surface area contributed by atoms with Crippen molar-refractivity contribution in [1.29, 1.82) is 0 Å². The molecule has 0 aliphatic heterocycles. The fourth-order valence-electron chi connectivity index (χ4n) is 2.11. The van der Waals surface area contributed by atoms with Gasteiger partial charge in [0, 0.05) is 12.0 Å². The zero-order valence-corrected chi connectivity index (χ0v) is 11.8. The summed E-state index contributed by atoms with van der Waals surface area (Å²) >= 11 is 0. The minimum Gasteiger partial charge on any atom is -0.294 e. The first-order chi connectivity index (χ1) is 9.11. The van der Waals surface area contributed by atoms with Gasteiger partial charge in [-0.2, -0.15) is 0 Å². The average Bonchev–Trinajstić information content (AvgIpc) is 2.46. The molecule has 0 N–H and O–H groups in total. The van der Waals surface area contributed by atoms with Crippen LogP contribution in [-0.4, -0.2) is 5.78 Å². The molecular weight excluding hydrogens is 232 g/mol. The second kappa shape index (κ2) is 5.83. The Kier molecular flexibility index (Phi) is 4.16. The molecule has 2 rings (SSSR count). The Bertz CT molecular complexity index is 547. The van der Waals surface area contributed by atoms with Crippen LogP contribution in [0.5, 0.6) is 0 Å². The van der Waals surface area contributed by atoms with E-state index >= 15 is 0 Å². The van der Waals surface area contributed by atoms with Gasteiger partial charge >= 0.3 is 0 Å². The maximum absolute atomic E-state index is 11.6. The second-order valence-corrected chi connectivity index (χ2v) is 5.13. The SMILES string of the molecule is CCC(=O)c1ccc(-c2ccc(C(C)C)cc2)cc1. The molecule has 98 valence electrons. The van der Waals surface area contributed by atoms with Crippen molar-refractivity contribution >= 4 is 5.78 Å². The van der Waals surface area contributed by atoms with Gasteiger partial charge in [0.05, 0.1) is 0 Å². The van der Waals surface area contributed by atoms with Gasteiger partial charge in [0.1, 0.15) is 0 Å². The standard InChI is InChI=1S/C18H20O/c1-4-18(19)17-11-9-16(10-12-17)15-7-5-14(6-8-15)13(2)3/h5-13H,4H2,1-3H3. The smallest absolute Gasteiger partial charge is 0.162 e. The summed E-state index contributed by atoms with van der Waals surface area (Å²) in [6.07, 6.45) is 0.558. The number of benzene rings is 2. The third kappa shape index (κ3) is 3.11. The molecule has 0 aliphatic carbocycles. The van der Waals surface area contributed by atoms with Crippen molar-refractivity contribution in [2.24, 2.45) is 0 Å². The third-order valence-corrected chi connectivity index (χ3v) is 3.44. The van der Waals surface area contributed by atoms with E-state index in [0.29, 0.717) is 12.3 Å². The van der Waals surface area contributed by atoms with Crippen LogP contribution in [0.25, 0.3) is 11.1 Å². The topological polar surface area (TPSA) is 17.1 Å². The number of hydrogen-bond donors (Lipinski definition) is 0. The summed E-state index contributed by atoms with van der Waals surface area (Å²) in [6, 6.07) is 16.5. The van der Waals surface area contributed by atoms with Crippen molar-refractivity contribution in [3.63, 3.8) is 0 Å². The molecule has 0 spiro atoms. The van der Waals surface area contributed by atoms with Gasteiger partial charge in [-0.1, -0.05) is 69.3 Å². The van der Waals surface area contributed by atoms with Crippen LogP contribution < -0.4 is 0 Å². The van der Waals surface area contributed by atoms with Crippen molar-refractivity contribution in [2.75, 3.05) is 0 Å². The largest absolute Gasteiger partial charge is 0.294 e. The highest BCUT2D eigenvalue weighted by molar-refractivity contribution is 5.96. The number of rotatable bonds is 4. The van der Waals surface area contributed by atoms with Crippen molar-refractivity contribution < 1.29 is 4.79 Å². The average molecular weight is 252 g/mol. The van der Waals surface area contributed by atoms with Gasteiger partial charge in [-0.05, 0) is 22.6 Å². The zero-order chi connectivity index (χ0) is 13.8. The van der Waals surface area contributed by atoms with E-state index in [2.05, 4.69) is 38.1 Å². The molecule has 19 heavy (non-hydrogen) atoms. The molecule has 0 fully saturated rings. The van der Waals surface area contributed by atoms with Crippen LogP contribution in [0, 0.1) is 0 Å². The van der Waals surface area contributed by atoms with Gasteiger partial charge in [0.25, 0.3) is 0 Å². The molecule has 0 radical (unpaired) electrons. The Morgan fingerprint density at radius 2 is 1.37 bits per heavy atom. The Morgan fingerprint density at radius 3 is 1.79 bits per heavy atom. The van der Waals surface area contributed by atoms with Crippen molar-refractivity contribution in [3.05, 3.63) is 59.7 Å². The highest BCUT2D eigenvalue weighted by Crippen LogP contribution is 2.23. The third-order valence-electron chi connectivity index (χ3n) is 3.44. The maximum atomic E-state index is 11.6. The first-order valence-corrected chi connectivity index (χ1v) is 6.85. The van der Waals surface area contributed by atoms with Gasteiger partial charge in [-0.25, -0.2) is 0 Å². The molecule has 0 heterocycles. The molecule has 0 bridgehead atoms. The lowest BCUT2D eigenvalue weighted by Crippen LogP contribution is -1.95. The van der Waals surface area contributed by atoms with E-state index in [1.807, 2.05) is 31.2 Å². The van der Waals surface area contributed by atoms with E-state index in [0.717, 1.165) is 11.1 Å². The first kappa shape index (κ1) is 13.5. The van der Waals surface area contributed by atoms with Crippen molar-refractivity contribution in [1.82, 2.24) is 0 Å². The lowest BCUT2D eigenvalue weighted by Gasteiger charge is -2.07. The Labute approximate surface area is 115 Å². The van der Waals surface area contributed by atoms with Crippen LogP contribution in [-0.2, 0) is 0 Å². The predicted molar refractivity (Wildman–Crippen MR) is 80.6 cm³/mol. The fraction of sp³-hybridized carbons (Fsp3) is 0.278. The molecule has 1 nitrogen and oxygen atoms in total. The van der Waals surface area contributed by atoms with E-state index in [4.69, 9.17) is 0 Å². The highest BCUT2D eigenvalue weighted by atomic mass is 16.1. The van der Waals surface area contributed by atoms with Gasteiger partial charge in [0.2, 0.25) is 0 Å². The van der Waals surface area contributed by atoms with Crippen LogP contribution in [0.3, 0.4) is 0 Å². The predicted octanol–water partition coefficient (Wildman–Crippen LogP) is 5.07. The highest BCUT2D eigenvalue weighted by Gasteiger charge is 2.04. The Balaban J connectivity index is 2.24. The normalized spacial score (nSPS) is 10.7. The van der Waals surface area contributed by atoms with Crippen LogP contribution in [0.4, 0.5) is 0 Å². The lowest BCUT2D eigenvalue weighted by atomic mass is 9.97. The van der Waals surface area contributed by atoms with Crippen molar-refractivity contribution in [2.45, 2.75) is 33.1 Å². The summed E-state index contributed by atoms with van der Waals surface area (Å²) in [5.74, 6) is 0.750. The summed E-state index contributed by atoms with van der Waals surface area (Å²) in [5.41, 5.74) is 4.49. The molecule has 0 saturated heterocycles. The summed E-state index contributed by atoms with van der Waals surface area (Å²) in [7, 11) is 0. The Morgan fingerprint density at radius 1 is 0.895 bits per heavy atom. The molecular formula is C18H20O. The van der Waals surface area contributed by atoms with E-state index in [1.165, 1.54) is 11.1 Å². The molecule has 1 heteroatoms. The van der Waals surface area contributed by atoms with E-state index in [-0.39, 0.29) is 5.78 Å². The molecule has 0 atom stereocenters. The van der Waals surface area contributed by atoms with Gasteiger partial charge in [0.15, 0.2) is 5.78 Å². The number of ketones is 1. The van der Waals surface area contributed by atoms with Crippen molar-refractivity contribution in [3.8, 4) is 11.1 Å². The Hall–Kier alpha value is -1.89. The number of Topliss-reactive ketones (excluding diaryl/α,β-unsaturated/α-hetero) is 1. The molecule has 2 aromatic rings. The molecule has 0 aliphatic rings.